The molecule has 28 heavy (non-hydrogen) atoms. The second kappa shape index (κ2) is 10.6. The number of hydrogen-bond donors (Lipinski definition) is 2. The second-order valence-electron chi connectivity index (χ2n) is 10.4. The number of hydrogen-bond acceptors (Lipinski definition) is 2. The van der Waals surface area contributed by atoms with E-state index in [4.69, 9.17) is 0 Å². The van der Waals surface area contributed by atoms with Gasteiger partial charge in [0.15, 0.2) is 0 Å². The Labute approximate surface area is 173 Å². The maximum atomic E-state index is 12.8. The Morgan fingerprint density at radius 1 is 0.714 bits per heavy atom. The normalized spacial score (nSPS) is 33.7. The van der Waals surface area contributed by atoms with Crippen LogP contribution < -0.4 is 10.6 Å². The van der Waals surface area contributed by atoms with Gasteiger partial charge in [-0.25, -0.2) is 0 Å². The molecule has 0 radical (unpaired) electrons. The molecular weight excluding hydrogens is 348 g/mol. The van der Waals surface area contributed by atoms with E-state index in [1.54, 1.807) is 0 Å². The van der Waals surface area contributed by atoms with E-state index >= 15 is 0 Å². The van der Waals surface area contributed by atoms with Crippen LogP contribution in [0.4, 0.5) is 0 Å². The lowest BCUT2D eigenvalue weighted by Gasteiger charge is -2.37. The minimum Gasteiger partial charge on any atom is -0.354 e. The van der Waals surface area contributed by atoms with E-state index < -0.39 is 0 Å². The van der Waals surface area contributed by atoms with Crippen molar-refractivity contribution < 1.29 is 9.59 Å². The van der Waals surface area contributed by atoms with Gasteiger partial charge in [0.05, 0.1) is 0 Å². The van der Waals surface area contributed by atoms with Crippen LogP contribution in [0.3, 0.4) is 0 Å². The highest BCUT2D eigenvalue weighted by atomic mass is 16.2. The van der Waals surface area contributed by atoms with Crippen LogP contribution in [0.15, 0.2) is 0 Å². The van der Waals surface area contributed by atoms with E-state index in [-0.39, 0.29) is 23.7 Å². The van der Waals surface area contributed by atoms with Gasteiger partial charge in [0.25, 0.3) is 0 Å². The summed E-state index contributed by atoms with van der Waals surface area (Å²) >= 11 is 0. The molecule has 2 N–H and O–H groups in total. The molecule has 4 nitrogen and oxygen atoms in total. The van der Waals surface area contributed by atoms with Gasteiger partial charge in [-0.3, -0.25) is 9.59 Å². The van der Waals surface area contributed by atoms with Crippen LogP contribution in [-0.4, -0.2) is 24.9 Å². The first-order valence-electron chi connectivity index (χ1n) is 11.8. The smallest absolute Gasteiger partial charge is 0.223 e. The Hall–Kier alpha value is -1.06. The van der Waals surface area contributed by atoms with Crippen LogP contribution in [0.5, 0.6) is 0 Å². The molecule has 0 aliphatic heterocycles. The van der Waals surface area contributed by atoms with E-state index in [0.717, 1.165) is 25.7 Å². The zero-order valence-electron chi connectivity index (χ0n) is 19.1. The summed E-state index contributed by atoms with van der Waals surface area (Å²) in [6, 6.07) is 0. The molecule has 0 bridgehead atoms. The first-order chi connectivity index (χ1) is 13.2. The van der Waals surface area contributed by atoms with Crippen LogP contribution in [0.25, 0.3) is 0 Å². The summed E-state index contributed by atoms with van der Waals surface area (Å²) in [6.07, 6.45) is 6.78. The minimum absolute atomic E-state index is 0.129. The summed E-state index contributed by atoms with van der Waals surface area (Å²) in [4.78, 5) is 25.5. The van der Waals surface area contributed by atoms with Gasteiger partial charge < -0.3 is 10.6 Å². The number of nitrogens with one attached hydrogen (secondary N) is 2. The molecule has 2 aliphatic carbocycles. The lowest BCUT2D eigenvalue weighted by Crippen LogP contribution is -2.45. The van der Waals surface area contributed by atoms with Crippen molar-refractivity contribution in [2.24, 2.45) is 47.3 Å². The molecular formula is C24H44N2O2. The average Bonchev–Trinajstić information content (AvgIpc) is 2.64. The number of amides is 2. The van der Waals surface area contributed by atoms with Crippen LogP contribution >= 0.6 is 0 Å². The van der Waals surface area contributed by atoms with E-state index in [1.165, 1.54) is 12.8 Å². The van der Waals surface area contributed by atoms with Gasteiger partial charge in [-0.15, -0.1) is 0 Å². The van der Waals surface area contributed by atoms with Crippen LogP contribution in [-0.2, 0) is 9.59 Å². The fourth-order valence-corrected chi connectivity index (χ4v) is 5.64. The van der Waals surface area contributed by atoms with Crippen molar-refractivity contribution >= 4 is 11.8 Å². The quantitative estimate of drug-likeness (QED) is 0.620. The SMILES string of the molecule is CC(C)C1CC[C@@H](C)C[C@H]1C(=O)NCCNC(=O)[C@@H]1C[C@H](C)CC[C@H]1C(C)C. The van der Waals surface area contributed by atoms with Crippen LogP contribution in [0.1, 0.15) is 80.1 Å². The maximum Gasteiger partial charge on any atom is 0.223 e. The van der Waals surface area contributed by atoms with Gasteiger partial charge in [-0.2, -0.15) is 0 Å². The first-order valence-corrected chi connectivity index (χ1v) is 11.8. The molecule has 0 spiro atoms. The molecule has 0 aromatic carbocycles. The molecule has 2 rings (SSSR count). The molecule has 1 unspecified atom stereocenters. The highest BCUT2D eigenvalue weighted by Gasteiger charge is 2.36. The summed E-state index contributed by atoms with van der Waals surface area (Å²) < 4.78 is 0. The van der Waals surface area contributed by atoms with Crippen molar-refractivity contribution in [2.75, 3.05) is 13.1 Å². The summed E-state index contributed by atoms with van der Waals surface area (Å²) in [5.74, 6) is 3.96. The molecule has 2 saturated carbocycles. The van der Waals surface area contributed by atoms with Gasteiger partial charge in [-0.1, -0.05) is 54.4 Å². The minimum atomic E-state index is 0.129. The van der Waals surface area contributed by atoms with Crippen molar-refractivity contribution in [2.45, 2.75) is 80.1 Å². The number of rotatable bonds is 7. The Kier molecular flexibility index (Phi) is 8.82. The van der Waals surface area contributed by atoms with Crippen LogP contribution in [0.2, 0.25) is 0 Å². The summed E-state index contributed by atoms with van der Waals surface area (Å²) in [5.41, 5.74) is 0. The third-order valence-corrected chi connectivity index (χ3v) is 7.44. The molecule has 2 aliphatic rings. The lowest BCUT2D eigenvalue weighted by molar-refractivity contribution is -0.131. The van der Waals surface area contributed by atoms with E-state index in [1.807, 2.05) is 0 Å². The second-order valence-corrected chi connectivity index (χ2v) is 10.4. The van der Waals surface area contributed by atoms with Crippen molar-refractivity contribution in [3.8, 4) is 0 Å². The summed E-state index contributed by atoms with van der Waals surface area (Å²) in [7, 11) is 0. The van der Waals surface area contributed by atoms with Crippen molar-refractivity contribution in [3.05, 3.63) is 0 Å². The third kappa shape index (κ3) is 6.22. The molecule has 0 heterocycles. The highest BCUT2D eigenvalue weighted by Crippen LogP contribution is 2.39. The molecule has 2 amide bonds. The van der Waals surface area contributed by atoms with Gasteiger partial charge in [0.1, 0.15) is 0 Å². The average molecular weight is 393 g/mol. The zero-order valence-corrected chi connectivity index (χ0v) is 19.1. The zero-order chi connectivity index (χ0) is 20.8. The molecule has 6 atom stereocenters. The highest BCUT2D eigenvalue weighted by molar-refractivity contribution is 5.80. The predicted octanol–water partition coefficient (Wildman–Crippen LogP) is 4.64. The lowest BCUT2D eigenvalue weighted by atomic mass is 9.69. The Morgan fingerprint density at radius 2 is 1.07 bits per heavy atom. The van der Waals surface area contributed by atoms with Crippen molar-refractivity contribution in [1.82, 2.24) is 10.6 Å². The fourth-order valence-electron chi connectivity index (χ4n) is 5.64. The fraction of sp³-hybridized carbons (Fsp3) is 0.917. The summed E-state index contributed by atoms with van der Waals surface area (Å²) in [5, 5.41) is 6.21. The number of carbonyl (C=O) groups is 2. The van der Waals surface area contributed by atoms with E-state index in [9.17, 15) is 9.59 Å². The molecule has 2 fully saturated rings. The summed E-state index contributed by atoms with van der Waals surface area (Å²) in [6.45, 7) is 14.5. The standard InChI is InChI=1S/C24H44N2O2/c1-15(2)19-9-7-17(5)13-21(19)23(27)25-11-12-26-24(28)22-14-18(6)8-10-20(22)16(3)4/h15-22H,7-14H2,1-6H3,(H,25,27)(H,26,28)/t17-,18-,19+,20?,21-,22-/m1/s1. The first kappa shape index (κ1) is 23.2. The van der Waals surface area contributed by atoms with Gasteiger partial charge in [0.2, 0.25) is 11.8 Å². The Bertz CT molecular complexity index is 471. The topological polar surface area (TPSA) is 58.2 Å². The monoisotopic (exact) mass is 392 g/mol. The molecule has 4 heteroatoms. The molecule has 162 valence electrons. The predicted molar refractivity (Wildman–Crippen MR) is 116 cm³/mol. The van der Waals surface area contributed by atoms with E-state index in [2.05, 4.69) is 52.2 Å². The van der Waals surface area contributed by atoms with Gasteiger partial charge >= 0.3 is 0 Å². The van der Waals surface area contributed by atoms with Crippen molar-refractivity contribution in [1.29, 1.82) is 0 Å². The number of carbonyl (C=O) groups excluding carboxylic acids is 2. The Balaban J connectivity index is 1.79. The molecule has 0 aromatic heterocycles. The third-order valence-electron chi connectivity index (χ3n) is 7.44. The molecule has 0 aromatic rings. The largest absolute Gasteiger partial charge is 0.354 e. The van der Waals surface area contributed by atoms with Crippen LogP contribution in [0, 0.1) is 47.3 Å². The maximum absolute atomic E-state index is 12.8. The Morgan fingerprint density at radius 3 is 1.39 bits per heavy atom. The van der Waals surface area contributed by atoms with E-state index in [0.29, 0.717) is 48.6 Å². The van der Waals surface area contributed by atoms with Gasteiger partial charge in [-0.05, 0) is 61.2 Å². The van der Waals surface area contributed by atoms with Gasteiger partial charge in [0, 0.05) is 24.9 Å². The van der Waals surface area contributed by atoms with Crippen molar-refractivity contribution in [3.63, 3.8) is 0 Å². The molecule has 0 saturated heterocycles.